The summed E-state index contributed by atoms with van der Waals surface area (Å²) >= 11 is 5.81. The Balaban J connectivity index is 1.63. The molecule has 0 saturated carbocycles. The number of aryl methyl sites for hydroxylation is 1. The fourth-order valence-electron chi connectivity index (χ4n) is 2.54. The van der Waals surface area contributed by atoms with Gasteiger partial charge in [-0.2, -0.15) is 0 Å². The molecule has 8 heteroatoms. The van der Waals surface area contributed by atoms with Crippen molar-refractivity contribution in [3.63, 3.8) is 0 Å². The molecule has 0 heterocycles. The summed E-state index contributed by atoms with van der Waals surface area (Å²) < 4.78 is 33.1. The number of benzene rings is 3. The summed E-state index contributed by atoms with van der Waals surface area (Å²) in [5, 5.41) is 3.27. The molecule has 0 unspecified atom stereocenters. The van der Waals surface area contributed by atoms with Crippen molar-refractivity contribution in [1.29, 1.82) is 0 Å². The van der Waals surface area contributed by atoms with E-state index in [0.717, 1.165) is 0 Å². The molecule has 0 spiro atoms. The van der Waals surface area contributed by atoms with Gasteiger partial charge in [-0.15, -0.1) is 0 Å². The summed E-state index contributed by atoms with van der Waals surface area (Å²) in [7, 11) is -3.72. The van der Waals surface area contributed by atoms with E-state index >= 15 is 0 Å². The normalized spacial score (nSPS) is 11.0. The maximum absolute atomic E-state index is 12.5. The monoisotopic (exact) mass is 430 g/mol. The summed E-state index contributed by atoms with van der Waals surface area (Å²) in [4.78, 5) is 12.1. The first-order valence-electron chi connectivity index (χ1n) is 8.70. The smallest absolute Gasteiger partial charge is 0.262 e. The molecule has 6 nitrogen and oxygen atoms in total. The fourth-order valence-corrected chi connectivity index (χ4v) is 3.81. The van der Waals surface area contributed by atoms with Crippen molar-refractivity contribution >= 4 is 38.9 Å². The summed E-state index contributed by atoms with van der Waals surface area (Å²) in [6, 6.07) is 19.8. The third-order valence-electron chi connectivity index (χ3n) is 3.97. The highest BCUT2D eigenvalue weighted by Gasteiger charge is 2.16. The highest BCUT2D eigenvalue weighted by molar-refractivity contribution is 7.92. The lowest BCUT2D eigenvalue weighted by Gasteiger charge is -2.12. The van der Waals surface area contributed by atoms with Crippen molar-refractivity contribution in [2.75, 3.05) is 16.6 Å². The van der Waals surface area contributed by atoms with Gasteiger partial charge in [-0.3, -0.25) is 9.52 Å². The molecule has 2 N–H and O–H groups in total. The van der Waals surface area contributed by atoms with E-state index < -0.39 is 10.0 Å². The summed E-state index contributed by atoms with van der Waals surface area (Å²) in [5.74, 6) is 0.0871. The van der Waals surface area contributed by atoms with Crippen LogP contribution in [0.15, 0.2) is 77.7 Å². The molecular weight excluding hydrogens is 412 g/mol. The van der Waals surface area contributed by atoms with E-state index in [1.54, 1.807) is 61.5 Å². The van der Waals surface area contributed by atoms with Gasteiger partial charge in [0.15, 0.2) is 6.61 Å². The number of hydrogen-bond donors (Lipinski definition) is 2. The molecule has 3 aromatic carbocycles. The topological polar surface area (TPSA) is 84.5 Å². The average Bonchev–Trinajstić information content (AvgIpc) is 2.69. The minimum absolute atomic E-state index is 0.108. The Kier molecular flexibility index (Phi) is 6.41. The zero-order valence-electron chi connectivity index (χ0n) is 15.6. The number of carbonyl (C=O) groups is 1. The van der Waals surface area contributed by atoms with Crippen LogP contribution < -0.4 is 14.8 Å². The van der Waals surface area contributed by atoms with E-state index in [0.29, 0.717) is 27.7 Å². The Morgan fingerprint density at radius 1 is 0.966 bits per heavy atom. The number of nitrogens with one attached hydrogen (secondary N) is 2. The molecule has 29 heavy (non-hydrogen) atoms. The average molecular weight is 431 g/mol. The van der Waals surface area contributed by atoms with Gasteiger partial charge in [-0.25, -0.2) is 8.42 Å². The molecule has 1 amide bonds. The molecule has 0 aromatic heterocycles. The van der Waals surface area contributed by atoms with Crippen LogP contribution in [-0.2, 0) is 14.8 Å². The van der Waals surface area contributed by atoms with Crippen molar-refractivity contribution in [1.82, 2.24) is 0 Å². The van der Waals surface area contributed by atoms with Gasteiger partial charge < -0.3 is 10.1 Å². The fraction of sp³-hybridized carbons (Fsp3) is 0.0952. The lowest BCUT2D eigenvalue weighted by atomic mass is 10.2. The van der Waals surface area contributed by atoms with Crippen LogP contribution >= 0.6 is 11.6 Å². The SMILES string of the molecule is Cc1cc(S(=O)(=O)Nc2ccccc2)ccc1OCC(=O)Nc1ccc(Cl)cc1. The molecule has 0 aliphatic rings. The van der Waals surface area contributed by atoms with Crippen molar-refractivity contribution < 1.29 is 17.9 Å². The highest BCUT2D eigenvalue weighted by Crippen LogP contribution is 2.23. The van der Waals surface area contributed by atoms with Gasteiger partial charge in [0.05, 0.1) is 4.90 Å². The molecule has 0 bridgehead atoms. The number of para-hydroxylation sites is 1. The number of anilines is 2. The molecule has 0 saturated heterocycles. The second-order valence-electron chi connectivity index (χ2n) is 6.24. The molecule has 0 fully saturated rings. The predicted molar refractivity (Wildman–Crippen MR) is 114 cm³/mol. The quantitative estimate of drug-likeness (QED) is 0.579. The van der Waals surface area contributed by atoms with E-state index in [1.807, 2.05) is 0 Å². The molecule has 3 rings (SSSR count). The first kappa shape index (κ1) is 20.7. The first-order chi connectivity index (χ1) is 13.8. The van der Waals surface area contributed by atoms with Gasteiger partial charge in [0.1, 0.15) is 5.75 Å². The second kappa shape index (κ2) is 8.98. The Morgan fingerprint density at radius 2 is 1.66 bits per heavy atom. The highest BCUT2D eigenvalue weighted by atomic mass is 35.5. The molecule has 3 aromatic rings. The largest absolute Gasteiger partial charge is 0.483 e. The van der Waals surface area contributed by atoms with E-state index in [4.69, 9.17) is 16.3 Å². The molecule has 150 valence electrons. The zero-order chi connectivity index (χ0) is 20.9. The van der Waals surface area contributed by atoms with Crippen molar-refractivity contribution in [2.24, 2.45) is 0 Å². The van der Waals surface area contributed by atoms with Crippen LogP contribution in [0.3, 0.4) is 0 Å². The number of rotatable bonds is 7. The van der Waals surface area contributed by atoms with E-state index in [1.165, 1.54) is 18.2 Å². The Bertz CT molecular complexity index is 1100. The Hall–Kier alpha value is -3.03. The minimum Gasteiger partial charge on any atom is -0.483 e. The maximum atomic E-state index is 12.5. The third-order valence-corrected chi connectivity index (χ3v) is 5.60. The van der Waals surface area contributed by atoms with Crippen LogP contribution in [0.2, 0.25) is 5.02 Å². The van der Waals surface area contributed by atoms with Crippen molar-refractivity contribution in [3.05, 3.63) is 83.4 Å². The second-order valence-corrected chi connectivity index (χ2v) is 8.36. The van der Waals surface area contributed by atoms with Crippen LogP contribution in [-0.4, -0.2) is 20.9 Å². The molecule has 0 radical (unpaired) electrons. The molecule has 0 atom stereocenters. The zero-order valence-corrected chi connectivity index (χ0v) is 17.1. The summed E-state index contributed by atoms with van der Waals surface area (Å²) in [5.41, 5.74) is 1.68. The standard InChI is InChI=1S/C21H19ClN2O4S/c1-15-13-19(29(26,27)24-18-5-3-2-4-6-18)11-12-20(15)28-14-21(25)23-17-9-7-16(22)8-10-17/h2-13,24H,14H2,1H3,(H,23,25). The van der Waals surface area contributed by atoms with Gasteiger partial charge in [0, 0.05) is 16.4 Å². The first-order valence-corrected chi connectivity index (χ1v) is 10.6. The number of hydrogen-bond acceptors (Lipinski definition) is 4. The van der Waals surface area contributed by atoms with Crippen LogP contribution in [0.5, 0.6) is 5.75 Å². The van der Waals surface area contributed by atoms with Gasteiger partial charge >= 0.3 is 0 Å². The molecule has 0 aliphatic heterocycles. The predicted octanol–water partition coefficient (Wildman–Crippen LogP) is 4.47. The van der Waals surface area contributed by atoms with Crippen LogP contribution in [0.1, 0.15) is 5.56 Å². The van der Waals surface area contributed by atoms with Gasteiger partial charge in [-0.1, -0.05) is 29.8 Å². The van der Waals surface area contributed by atoms with Gasteiger partial charge in [-0.05, 0) is 67.1 Å². The van der Waals surface area contributed by atoms with Crippen LogP contribution in [0, 0.1) is 6.92 Å². The Morgan fingerprint density at radius 3 is 2.31 bits per heavy atom. The van der Waals surface area contributed by atoms with Crippen LogP contribution in [0.25, 0.3) is 0 Å². The van der Waals surface area contributed by atoms with Crippen LogP contribution in [0.4, 0.5) is 11.4 Å². The van der Waals surface area contributed by atoms with E-state index in [2.05, 4.69) is 10.0 Å². The van der Waals surface area contributed by atoms with E-state index in [9.17, 15) is 13.2 Å². The van der Waals surface area contributed by atoms with E-state index in [-0.39, 0.29) is 17.4 Å². The third kappa shape index (κ3) is 5.73. The van der Waals surface area contributed by atoms with Gasteiger partial charge in [0.25, 0.3) is 15.9 Å². The molecular formula is C21H19ClN2O4S. The number of ether oxygens (including phenoxy) is 1. The molecule has 0 aliphatic carbocycles. The minimum atomic E-state index is -3.72. The Labute approximate surface area is 174 Å². The number of sulfonamides is 1. The number of amides is 1. The lowest BCUT2D eigenvalue weighted by Crippen LogP contribution is -2.20. The summed E-state index contributed by atoms with van der Waals surface area (Å²) in [6.07, 6.45) is 0. The maximum Gasteiger partial charge on any atom is 0.262 e. The number of halogens is 1. The van der Waals surface area contributed by atoms with Crippen molar-refractivity contribution in [3.8, 4) is 5.75 Å². The van der Waals surface area contributed by atoms with Gasteiger partial charge in [0.2, 0.25) is 0 Å². The number of carbonyl (C=O) groups excluding carboxylic acids is 1. The van der Waals surface area contributed by atoms with Crippen molar-refractivity contribution in [2.45, 2.75) is 11.8 Å². The lowest BCUT2D eigenvalue weighted by molar-refractivity contribution is -0.118. The summed E-state index contributed by atoms with van der Waals surface area (Å²) in [6.45, 7) is 1.51.